The molecule has 0 saturated heterocycles. The molecule has 0 heterocycles. The lowest BCUT2D eigenvalue weighted by Gasteiger charge is -2.26. The molecule has 0 aromatic rings. The molecule has 0 spiro atoms. The molecule has 1 nitrogen and oxygen atoms in total. The second-order valence-corrected chi connectivity index (χ2v) is 5.42. The Morgan fingerprint density at radius 2 is 1.93 bits per heavy atom. The van der Waals surface area contributed by atoms with Crippen LogP contribution in [0.15, 0.2) is 0 Å². The van der Waals surface area contributed by atoms with Crippen LogP contribution in [0.3, 0.4) is 0 Å². The molecule has 1 fully saturated rings. The maximum Gasteiger partial charge on any atom is 0.0530 e. The largest absolute Gasteiger partial charge is 0.381 e. The Morgan fingerprint density at radius 3 is 2.43 bits per heavy atom. The zero-order valence-electron chi connectivity index (χ0n) is 9.59. The van der Waals surface area contributed by atoms with Crippen LogP contribution in [0.1, 0.15) is 46.0 Å². The molecule has 1 saturated carbocycles. The summed E-state index contributed by atoms with van der Waals surface area (Å²) in [5.41, 5.74) is 0.417. The van der Waals surface area contributed by atoms with Gasteiger partial charge in [-0.2, -0.15) is 12.6 Å². The fourth-order valence-electron chi connectivity index (χ4n) is 2.08. The summed E-state index contributed by atoms with van der Waals surface area (Å²) in [6, 6.07) is 0. The van der Waals surface area contributed by atoms with Gasteiger partial charge in [-0.05, 0) is 30.9 Å². The SMILES string of the molecule is CC(C)CCOCC1(CS)CCCC1. The summed E-state index contributed by atoms with van der Waals surface area (Å²) in [7, 11) is 0. The summed E-state index contributed by atoms with van der Waals surface area (Å²) in [6.07, 6.45) is 6.56. The Bertz CT molecular complexity index is 150. The Kier molecular flexibility index (Phi) is 5.32. The molecule has 0 unspecified atom stereocenters. The fraction of sp³-hybridized carbons (Fsp3) is 1.00. The molecule has 0 bridgehead atoms. The smallest absolute Gasteiger partial charge is 0.0530 e. The van der Waals surface area contributed by atoms with Crippen molar-refractivity contribution in [2.45, 2.75) is 46.0 Å². The molecule has 0 aliphatic heterocycles. The maximum absolute atomic E-state index is 5.77. The first kappa shape index (κ1) is 12.4. The van der Waals surface area contributed by atoms with Crippen molar-refractivity contribution in [3.63, 3.8) is 0 Å². The van der Waals surface area contributed by atoms with Gasteiger partial charge in [-0.15, -0.1) is 0 Å². The number of thiol groups is 1. The molecule has 0 aromatic carbocycles. The van der Waals surface area contributed by atoms with E-state index in [-0.39, 0.29) is 0 Å². The van der Waals surface area contributed by atoms with E-state index in [1.807, 2.05) is 0 Å². The third-order valence-electron chi connectivity index (χ3n) is 3.25. The first-order valence-electron chi connectivity index (χ1n) is 5.87. The predicted molar refractivity (Wildman–Crippen MR) is 65.0 cm³/mol. The fourth-order valence-corrected chi connectivity index (χ4v) is 2.49. The van der Waals surface area contributed by atoms with Gasteiger partial charge in [0, 0.05) is 12.0 Å². The van der Waals surface area contributed by atoms with E-state index >= 15 is 0 Å². The molecule has 1 aliphatic carbocycles. The van der Waals surface area contributed by atoms with Gasteiger partial charge in [-0.3, -0.25) is 0 Å². The molecule has 1 rings (SSSR count). The summed E-state index contributed by atoms with van der Waals surface area (Å²) in [4.78, 5) is 0. The Labute approximate surface area is 94.0 Å². The predicted octanol–water partition coefficient (Wildman–Crippen LogP) is 3.54. The first-order chi connectivity index (χ1) is 6.68. The van der Waals surface area contributed by atoms with E-state index in [1.54, 1.807) is 0 Å². The molecule has 0 amide bonds. The summed E-state index contributed by atoms with van der Waals surface area (Å²) in [6.45, 7) is 6.34. The van der Waals surface area contributed by atoms with Crippen molar-refractivity contribution in [2.75, 3.05) is 19.0 Å². The Hall–Kier alpha value is 0.310. The van der Waals surface area contributed by atoms with E-state index < -0.39 is 0 Å². The van der Waals surface area contributed by atoms with Crippen molar-refractivity contribution in [1.82, 2.24) is 0 Å². The standard InChI is InChI=1S/C12H24OS/c1-11(2)5-8-13-9-12(10-14)6-3-4-7-12/h11,14H,3-10H2,1-2H3. The Morgan fingerprint density at radius 1 is 1.29 bits per heavy atom. The van der Waals surface area contributed by atoms with Crippen LogP contribution in [0.2, 0.25) is 0 Å². The molecule has 0 radical (unpaired) electrons. The summed E-state index contributed by atoms with van der Waals surface area (Å²) < 4.78 is 5.77. The van der Waals surface area contributed by atoms with Crippen LogP contribution in [0.4, 0.5) is 0 Å². The number of ether oxygens (including phenoxy) is 1. The van der Waals surface area contributed by atoms with Gasteiger partial charge in [0.25, 0.3) is 0 Å². The van der Waals surface area contributed by atoms with E-state index in [0.717, 1.165) is 24.9 Å². The molecule has 14 heavy (non-hydrogen) atoms. The van der Waals surface area contributed by atoms with E-state index in [0.29, 0.717) is 5.41 Å². The second kappa shape index (κ2) is 6.02. The lowest BCUT2D eigenvalue weighted by molar-refractivity contribution is 0.0531. The van der Waals surface area contributed by atoms with E-state index in [2.05, 4.69) is 26.5 Å². The third-order valence-corrected chi connectivity index (χ3v) is 3.92. The van der Waals surface area contributed by atoms with Crippen LogP contribution in [0.25, 0.3) is 0 Å². The highest BCUT2D eigenvalue weighted by molar-refractivity contribution is 7.80. The van der Waals surface area contributed by atoms with Crippen LogP contribution in [-0.2, 0) is 4.74 Å². The second-order valence-electron chi connectivity index (χ2n) is 5.10. The number of hydrogen-bond donors (Lipinski definition) is 1. The van der Waals surface area contributed by atoms with Crippen molar-refractivity contribution >= 4 is 12.6 Å². The monoisotopic (exact) mass is 216 g/mol. The highest BCUT2D eigenvalue weighted by Gasteiger charge is 2.32. The highest BCUT2D eigenvalue weighted by atomic mass is 32.1. The summed E-state index contributed by atoms with van der Waals surface area (Å²) in [5, 5.41) is 0. The topological polar surface area (TPSA) is 9.23 Å². The molecule has 0 atom stereocenters. The van der Waals surface area contributed by atoms with Gasteiger partial charge in [0.2, 0.25) is 0 Å². The maximum atomic E-state index is 5.77. The van der Waals surface area contributed by atoms with Gasteiger partial charge in [0.05, 0.1) is 6.61 Å². The Balaban J connectivity index is 2.15. The lowest BCUT2D eigenvalue weighted by Crippen LogP contribution is -2.25. The van der Waals surface area contributed by atoms with Crippen molar-refractivity contribution in [3.05, 3.63) is 0 Å². The van der Waals surface area contributed by atoms with Gasteiger partial charge in [-0.25, -0.2) is 0 Å². The quantitative estimate of drug-likeness (QED) is 0.528. The molecule has 0 N–H and O–H groups in total. The molecule has 84 valence electrons. The summed E-state index contributed by atoms with van der Waals surface area (Å²) >= 11 is 4.46. The molecule has 2 heteroatoms. The third kappa shape index (κ3) is 3.82. The average molecular weight is 216 g/mol. The van der Waals surface area contributed by atoms with Crippen LogP contribution >= 0.6 is 12.6 Å². The number of rotatable bonds is 6. The van der Waals surface area contributed by atoms with Crippen LogP contribution in [-0.4, -0.2) is 19.0 Å². The van der Waals surface area contributed by atoms with Crippen molar-refractivity contribution in [2.24, 2.45) is 11.3 Å². The van der Waals surface area contributed by atoms with E-state index in [1.165, 1.54) is 32.1 Å². The van der Waals surface area contributed by atoms with Gasteiger partial charge >= 0.3 is 0 Å². The zero-order chi connectivity index (χ0) is 10.4. The van der Waals surface area contributed by atoms with Gasteiger partial charge < -0.3 is 4.74 Å². The van der Waals surface area contributed by atoms with Crippen molar-refractivity contribution < 1.29 is 4.74 Å². The molecular weight excluding hydrogens is 192 g/mol. The van der Waals surface area contributed by atoms with E-state index in [9.17, 15) is 0 Å². The first-order valence-corrected chi connectivity index (χ1v) is 6.50. The van der Waals surface area contributed by atoms with Gasteiger partial charge in [0.15, 0.2) is 0 Å². The lowest BCUT2D eigenvalue weighted by atomic mass is 9.90. The number of hydrogen-bond acceptors (Lipinski definition) is 2. The van der Waals surface area contributed by atoms with Crippen LogP contribution in [0.5, 0.6) is 0 Å². The van der Waals surface area contributed by atoms with Crippen molar-refractivity contribution in [3.8, 4) is 0 Å². The minimum atomic E-state index is 0.417. The van der Waals surface area contributed by atoms with Crippen LogP contribution < -0.4 is 0 Å². The average Bonchev–Trinajstić information content (AvgIpc) is 2.62. The van der Waals surface area contributed by atoms with Crippen molar-refractivity contribution in [1.29, 1.82) is 0 Å². The highest BCUT2D eigenvalue weighted by Crippen LogP contribution is 2.39. The van der Waals surface area contributed by atoms with Gasteiger partial charge in [0.1, 0.15) is 0 Å². The zero-order valence-corrected chi connectivity index (χ0v) is 10.5. The molecular formula is C12H24OS. The minimum absolute atomic E-state index is 0.417. The normalized spacial score (nSPS) is 20.6. The molecule has 0 aromatic heterocycles. The van der Waals surface area contributed by atoms with Crippen LogP contribution in [0, 0.1) is 11.3 Å². The molecule has 1 aliphatic rings. The summed E-state index contributed by atoms with van der Waals surface area (Å²) in [5.74, 6) is 1.75. The van der Waals surface area contributed by atoms with E-state index in [4.69, 9.17) is 4.74 Å². The van der Waals surface area contributed by atoms with Gasteiger partial charge in [-0.1, -0.05) is 26.7 Å². The minimum Gasteiger partial charge on any atom is -0.381 e.